The SMILES string of the molecule is CCOC(=O)C1=C(C)N=c2s/c(=C/c3cc(I)c(OCC#N)c(OCC)c3)c(=O)n2[C@H]1c1ccccc1OC(C)C. The predicted octanol–water partition coefficient (Wildman–Crippen LogP) is 4.49. The number of hydrogen-bond acceptors (Lipinski definition) is 9. The first-order valence-electron chi connectivity index (χ1n) is 13.1. The molecule has 0 amide bonds. The van der Waals surface area contributed by atoms with E-state index < -0.39 is 12.0 Å². The number of nitriles is 1. The maximum absolute atomic E-state index is 14.0. The second kappa shape index (κ2) is 13.4. The molecule has 0 aliphatic carbocycles. The van der Waals surface area contributed by atoms with Crippen LogP contribution >= 0.6 is 33.9 Å². The molecule has 2 heterocycles. The number of aromatic nitrogens is 1. The van der Waals surface area contributed by atoms with Gasteiger partial charge >= 0.3 is 5.97 Å². The molecule has 1 aliphatic rings. The van der Waals surface area contributed by atoms with Crippen molar-refractivity contribution < 1.29 is 23.7 Å². The van der Waals surface area contributed by atoms with E-state index in [-0.39, 0.29) is 30.5 Å². The summed E-state index contributed by atoms with van der Waals surface area (Å²) in [5.41, 5.74) is 1.85. The molecule has 0 fully saturated rings. The van der Waals surface area contributed by atoms with Crippen LogP contribution in [-0.4, -0.2) is 36.5 Å². The van der Waals surface area contributed by atoms with Crippen LogP contribution in [0, 0.1) is 14.9 Å². The summed E-state index contributed by atoms with van der Waals surface area (Å²) in [4.78, 5) is 32.4. The summed E-state index contributed by atoms with van der Waals surface area (Å²) in [6.07, 6.45) is 1.64. The zero-order valence-electron chi connectivity index (χ0n) is 23.4. The lowest BCUT2D eigenvalue weighted by molar-refractivity contribution is -0.139. The highest BCUT2D eigenvalue weighted by Gasteiger charge is 2.35. The van der Waals surface area contributed by atoms with Crippen molar-refractivity contribution in [1.82, 2.24) is 4.57 Å². The van der Waals surface area contributed by atoms with Gasteiger partial charge in [-0.25, -0.2) is 9.79 Å². The number of carbonyl (C=O) groups is 1. The number of benzene rings is 2. The Labute approximate surface area is 255 Å². The van der Waals surface area contributed by atoms with Gasteiger partial charge in [0.15, 0.2) is 22.9 Å². The van der Waals surface area contributed by atoms with Crippen molar-refractivity contribution in [1.29, 1.82) is 5.26 Å². The molecule has 1 aromatic heterocycles. The molecule has 1 aliphatic heterocycles. The molecule has 0 spiro atoms. The van der Waals surface area contributed by atoms with Gasteiger partial charge in [-0.1, -0.05) is 29.5 Å². The highest BCUT2D eigenvalue weighted by atomic mass is 127. The van der Waals surface area contributed by atoms with Crippen LogP contribution < -0.4 is 29.1 Å². The number of esters is 1. The molecule has 214 valence electrons. The van der Waals surface area contributed by atoms with Crippen molar-refractivity contribution in [2.75, 3.05) is 19.8 Å². The molecular weight excluding hydrogens is 657 g/mol. The van der Waals surface area contributed by atoms with Gasteiger partial charge < -0.3 is 18.9 Å². The highest BCUT2D eigenvalue weighted by molar-refractivity contribution is 14.1. The van der Waals surface area contributed by atoms with Gasteiger partial charge in [-0.15, -0.1) is 0 Å². The molecule has 0 unspecified atom stereocenters. The average molecular weight is 688 g/mol. The number of allylic oxidation sites excluding steroid dienone is 1. The van der Waals surface area contributed by atoms with E-state index >= 15 is 0 Å². The fourth-order valence-electron chi connectivity index (χ4n) is 4.48. The Balaban J connectivity index is 1.94. The highest BCUT2D eigenvalue weighted by Crippen LogP contribution is 2.37. The number of para-hydroxylation sites is 1. The molecular formula is C30H30IN3O6S. The number of hydrogen-bond donors (Lipinski definition) is 0. The molecule has 3 aromatic rings. The van der Waals surface area contributed by atoms with Gasteiger partial charge in [0.1, 0.15) is 17.9 Å². The molecule has 9 nitrogen and oxygen atoms in total. The first-order valence-corrected chi connectivity index (χ1v) is 15.0. The van der Waals surface area contributed by atoms with Crippen LogP contribution in [0.5, 0.6) is 17.2 Å². The summed E-state index contributed by atoms with van der Waals surface area (Å²) >= 11 is 3.35. The van der Waals surface area contributed by atoms with Crippen LogP contribution in [0.1, 0.15) is 51.8 Å². The summed E-state index contributed by atoms with van der Waals surface area (Å²) < 4.78 is 25.6. The standard InChI is InChI=1S/C30H30IN3O6S/c1-6-37-23-15-19(14-21(31)27(23)39-13-12-32)16-24-28(35)34-26(20-10-8-9-11-22(20)40-17(3)4)25(29(36)38-7-2)18(5)33-30(34)41-24/h8-11,14-17,26H,6-7,13H2,1-5H3/b24-16+/t26-/m0/s1. The Bertz CT molecular complexity index is 1720. The molecule has 0 radical (unpaired) electrons. The van der Waals surface area contributed by atoms with E-state index in [1.54, 1.807) is 26.0 Å². The lowest BCUT2D eigenvalue weighted by atomic mass is 9.95. The molecule has 0 N–H and O–H groups in total. The van der Waals surface area contributed by atoms with Crippen molar-refractivity contribution in [3.63, 3.8) is 0 Å². The van der Waals surface area contributed by atoms with Crippen LogP contribution in [0.15, 0.2) is 57.5 Å². The molecule has 2 aromatic carbocycles. The third-order valence-corrected chi connectivity index (χ3v) is 7.79. The van der Waals surface area contributed by atoms with Crippen LogP contribution in [0.4, 0.5) is 0 Å². The van der Waals surface area contributed by atoms with Crippen LogP contribution in [-0.2, 0) is 9.53 Å². The topological polar surface area (TPSA) is 112 Å². The maximum Gasteiger partial charge on any atom is 0.338 e. The van der Waals surface area contributed by atoms with Gasteiger partial charge in [-0.05, 0) is 87.0 Å². The van der Waals surface area contributed by atoms with Crippen molar-refractivity contribution >= 4 is 46.0 Å². The quantitative estimate of drug-likeness (QED) is 0.228. The second-order valence-electron chi connectivity index (χ2n) is 9.22. The molecule has 41 heavy (non-hydrogen) atoms. The first-order chi connectivity index (χ1) is 19.7. The number of halogens is 1. The molecule has 0 saturated carbocycles. The number of rotatable bonds is 10. The summed E-state index contributed by atoms with van der Waals surface area (Å²) in [7, 11) is 0. The van der Waals surface area contributed by atoms with E-state index in [1.165, 1.54) is 15.9 Å². The van der Waals surface area contributed by atoms with Gasteiger partial charge in [-0.2, -0.15) is 5.26 Å². The normalized spacial score (nSPS) is 14.8. The van der Waals surface area contributed by atoms with Gasteiger partial charge in [0.2, 0.25) is 0 Å². The minimum Gasteiger partial charge on any atom is -0.491 e. The van der Waals surface area contributed by atoms with Crippen LogP contribution in [0.25, 0.3) is 6.08 Å². The fourth-order valence-corrected chi connectivity index (χ4v) is 6.31. The molecule has 1 atom stereocenters. The van der Waals surface area contributed by atoms with E-state index in [0.717, 1.165) is 3.57 Å². The average Bonchev–Trinajstić information content (AvgIpc) is 3.22. The molecule has 4 rings (SSSR count). The van der Waals surface area contributed by atoms with Gasteiger partial charge in [-0.3, -0.25) is 9.36 Å². The molecule has 0 bridgehead atoms. The van der Waals surface area contributed by atoms with Crippen molar-refractivity contribution in [2.45, 2.75) is 46.8 Å². The number of ether oxygens (including phenoxy) is 4. The van der Waals surface area contributed by atoms with E-state index in [2.05, 4.69) is 27.6 Å². The van der Waals surface area contributed by atoms with E-state index in [9.17, 15) is 9.59 Å². The summed E-state index contributed by atoms with van der Waals surface area (Å²) in [5, 5.41) is 8.96. The Kier molecular flexibility index (Phi) is 9.88. The van der Waals surface area contributed by atoms with Crippen molar-refractivity contribution in [3.8, 4) is 23.3 Å². The number of fused-ring (bicyclic) bond motifs is 1. The largest absolute Gasteiger partial charge is 0.491 e. The third-order valence-electron chi connectivity index (χ3n) is 6.00. The first kappa shape index (κ1) is 30.3. The van der Waals surface area contributed by atoms with E-state index in [1.807, 2.05) is 57.2 Å². The summed E-state index contributed by atoms with van der Waals surface area (Å²) in [5.74, 6) is 0.995. The van der Waals surface area contributed by atoms with Crippen molar-refractivity contribution in [3.05, 3.63) is 82.1 Å². The summed E-state index contributed by atoms with van der Waals surface area (Å²) in [6, 6.07) is 12.2. The Morgan fingerprint density at radius 1 is 1.20 bits per heavy atom. The molecule has 0 saturated heterocycles. The number of nitrogens with zero attached hydrogens (tertiary/aromatic N) is 3. The third kappa shape index (κ3) is 6.49. The number of carbonyl (C=O) groups excluding carboxylic acids is 1. The zero-order chi connectivity index (χ0) is 29.7. The number of thiazole rings is 1. The van der Waals surface area contributed by atoms with Gasteiger partial charge in [0.25, 0.3) is 5.56 Å². The van der Waals surface area contributed by atoms with Crippen LogP contribution in [0.3, 0.4) is 0 Å². The Morgan fingerprint density at radius 2 is 1.95 bits per heavy atom. The lowest BCUT2D eigenvalue weighted by Gasteiger charge is -2.26. The fraction of sp³-hybridized carbons (Fsp3) is 0.333. The van der Waals surface area contributed by atoms with Gasteiger partial charge in [0.05, 0.1) is 38.7 Å². The second-order valence-corrected chi connectivity index (χ2v) is 11.4. The maximum atomic E-state index is 14.0. The van der Waals surface area contributed by atoms with Gasteiger partial charge in [0, 0.05) is 5.56 Å². The van der Waals surface area contributed by atoms with Crippen LogP contribution in [0.2, 0.25) is 0 Å². The minimum atomic E-state index is -0.789. The lowest BCUT2D eigenvalue weighted by Crippen LogP contribution is -2.40. The van der Waals surface area contributed by atoms with Crippen molar-refractivity contribution in [2.24, 2.45) is 4.99 Å². The molecule has 11 heteroatoms. The Morgan fingerprint density at radius 3 is 2.63 bits per heavy atom. The zero-order valence-corrected chi connectivity index (χ0v) is 26.4. The predicted molar refractivity (Wildman–Crippen MR) is 164 cm³/mol. The smallest absolute Gasteiger partial charge is 0.338 e. The van der Waals surface area contributed by atoms with E-state index in [4.69, 9.17) is 24.2 Å². The minimum absolute atomic E-state index is 0.113. The monoisotopic (exact) mass is 687 g/mol. The summed E-state index contributed by atoms with van der Waals surface area (Å²) in [6.45, 7) is 9.66. The Hall–Kier alpha value is -3.63. The van der Waals surface area contributed by atoms with E-state index in [0.29, 0.717) is 50.0 Å².